The van der Waals surface area contributed by atoms with Crippen LogP contribution in [0.4, 0.5) is 31.7 Å². The Morgan fingerprint density at radius 2 is 1.84 bits per heavy atom. The molecule has 0 spiro atoms. The molecule has 2 aromatic carbocycles. The standard InChI is InChI=1S/C23H23F2N5O2/c24-16-2-1-15(20(25)11-16)13-27-21-12-22(28-14-19(21)23(26)31)29-17-3-5-18(6-4-17)30-7-9-32-10-8-30/h1-6,11-12,14H,7-10,13H2,(H2,26,31)(H2,27,28,29). The fraction of sp³-hybridized carbons (Fsp3) is 0.217. The lowest BCUT2D eigenvalue weighted by atomic mass is 10.1. The second-order valence-corrected chi connectivity index (χ2v) is 7.34. The number of hydrogen-bond acceptors (Lipinski definition) is 6. The number of ether oxygens (including phenoxy) is 1. The van der Waals surface area contributed by atoms with E-state index in [0.29, 0.717) is 24.7 Å². The number of pyridine rings is 1. The van der Waals surface area contributed by atoms with Gasteiger partial charge in [-0.1, -0.05) is 6.07 Å². The average Bonchev–Trinajstić information content (AvgIpc) is 2.79. The van der Waals surface area contributed by atoms with Crippen molar-refractivity contribution in [3.8, 4) is 0 Å². The van der Waals surface area contributed by atoms with Crippen molar-refractivity contribution in [1.29, 1.82) is 0 Å². The van der Waals surface area contributed by atoms with Gasteiger partial charge in [0.1, 0.15) is 17.5 Å². The number of anilines is 4. The third-order valence-corrected chi connectivity index (χ3v) is 5.17. The Kier molecular flexibility index (Phi) is 6.46. The minimum absolute atomic E-state index is 0.0457. The van der Waals surface area contributed by atoms with Gasteiger partial charge in [-0.2, -0.15) is 0 Å². The summed E-state index contributed by atoms with van der Waals surface area (Å²) in [5.74, 6) is -1.51. The van der Waals surface area contributed by atoms with E-state index in [2.05, 4.69) is 20.5 Å². The van der Waals surface area contributed by atoms with Crippen LogP contribution in [0.1, 0.15) is 15.9 Å². The lowest BCUT2D eigenvalue weighted by Crippen LogP contribution is -2.36. The Balaban J connectivity index is 1.49. The van der Waals surface area contributed by atoms with E-state index in [4.69, 9.17) is 10.5 Å². The van der Waals surface area contributed by atoms with Gasteiger partial charge in [-0.3, -0.25) is 4.79 Å². The van der Waals surface area contributed by atoms with E-state index >= 15 is 0 Å². The van der Waals surface area contributed by atoms with Gasteiger partial charge in [0.2, 0.25) is 0 Å². The smallest absolute Gasteiger partial charge is 0.252 e. The molecule has 0 radical (unpaired) electrons. The number of nitrogens with one attached hydrogen (secondary N) is 2. The zero-order valence-electron chi connectivity index (χ0n) is 17.3. The first-order chi connectivity index (χ1) is 15.5. The number of nitrogens with zero attached hydrogens (tertiary/aromatic N) is 2. The van der Waals surface area contributed by atoms with Gasteiger partial charge in [0, 0.05) is 54.9 Å². The molecular formula is C23H23F2N5O2. The highest BCUT2D eigenvalue weighted by atomic mass is 19.1. The molecule has 0 aliphatic carbocycles. The van der Waals surface area contributed by atoms with Crippen molar-refractivity contribution in [2.45, 2.75) is 6.54 Å². The predicted octanol–water partition coefficient (Wildman–Crippen LogP) is 3.65. The number of carbonyl (C=O) groups excluding carboxylic acids is 1. The van der Waals surface area contributed by atoms with Crippen LogP contribution < -0.4 is 21.3 Å². The van der Waals surface area contributed by atoms with Crippen molar-refractivity contribution >= 4 is 28.8 Å². The summed E-state index contributed by atoms with van der Waals surface area (Å²) in [6.45, 7) is 3.19. The minimum atomic E-state index is -0.675. The number of amides is 1. The molecule has 1 aliphatic rings. The van der Waals surface area contributed by atoms with Crippen LogP contribution >= 0.6 is 0 Å². The molecule has 2 heterocycles. The molecular weight excluding hydrogens is 416 g/mol. The van der Waals surface area contributed by atoms with E-state index < -0.39 is 17.5 Å². The van der Waals surface area contributed by atoms with Crippen LogP contribution in [-0.2, 0) is 11.3 Å². The molecule has 3 aromatic rings. The second-order valence-electron chi connectivity index (χ2n) is 7.34. The Labute approximate surface area is 184 Å². The average molecular weight is 439 g/mol. The number of primary amides is 1. The van der Waals surface area contributed by atoms with Crippen molar-refractivity contribution in [3.05, 3.63) is 77.5 Å². The molecule has 1 saturated heterocycles. The van der Waals surface area contributed by atoms with Crippen LogP contribution in [0.2, 0.25) is 0 Å². The zero-order chi connectivity index (χ0) is 22.5. The van der Waals surface area contributed by atoms with Crippen LogP contribution in [0.25, 0.3) is 0 Å². The Bertz CT molecular complexity index is 1100. The molecule has 4 N–H and O–H groups in total. The highest BCUT2D eigenvalue weighted by molar-refractivity contribution is 5.98. The van der Waals surface area contributed by atoms with Gasteiger partial charge >= 0.3 is 0 Å². The first-order valence-electron chi connectivity index (χ1n) is 10.2. The summed E-state index contributed by atoms with van der Waals surface area (Å²) < 4.78 is 32.4. The van der Waals surface area contributed by atoms with Crippen LogP contribution in [0.3, 0.4) is 0 Å². The lowest BCUT2D eigenvalue weighted by molar-refractivity contribution is 0.100. The summed E-state index contributed by atoms with van der Waals surface area (Å²) in [6, 6.07) is 12.9. The molecule has 166 valence electrons. The lowest BCUT2D eigenvalue weighted by Gasteiger charge is -2.28. The van der Waals surface area contributed by atoms with Crippen LogP contribution in [-0.4, -0.2) is 37.2 Å². The third kappa shape index (κ3) is 5.12. The normalized spacial score (nSPS) is 13.6. The summed E-state index contributed by atoms with van der Waals surface area (Å²) >= 11 is 0. The quantitative estimate of drug-likeness (QED) is 0.521. The topological polar surface area (TPSA) is 92.5 Å². The molecule has 0 atom stereocenters. The molecule has 1 fully saturated rings. The fourth-order valence-corrected chi connectivity index (χ4v) is 3.45. The summed E-state index contributed by atoms with van der Waals surface area (Å²) in [5, 5.41) is 6.18. The number of halogens is 2. The van der Waals surface area contributed by atoms with Gasteiger partial charge < -0.3 is 26.0 Å². The van der Waals surface area contributed by atoms with E-state index in [-0.39, 0.29) is 17.7 Å². The number of rotatable bonds is 7. The molecule has 4 rings (SSSR count). The number of aromatic nitrogens is 1. The van der Waals surface area contributed by atoms with E-state index in [1.807, 2.05) is 24.3 Å². The first kappa shape index (κ1) is 21.5. The van der Waals surface area contributed by atoms with Crippen molar-refractivity contribution in [2.24, 2.45) is 5.73 Å². The number of nitrogens with two attached hydrogens (primary N) is 1. The maximum absolute atomic E-state index is 13.9. The second kappa shape index (κ2) is 9.61. The van der Waals surface area contributed by atoms with Crippen molar-refractivity contribution in [1.82, 2.24) is 4.98 Å². The molecule has 0 unspecified atom stereocenters. The molecule has 32 heavy (non-hydrogen) atoms. The summed E-state index contributed by atoms with van der Waals surface area (Å²) in [7, 11) is 0. The molecule has 1 amide bonds. The van der Waals surface area contributed by atoms with Gasteiger partial charge in [0.25, 0.3) is 5.91 Å². The van der Waals surface area contributed by atoms with Crippen molar-refractivity contribution < 1.29 is 18.3 Å². The summed E-state index contributed by atoms with van der Waals surface area (Å²) in [5.41, 5.74) is 8.19. The third-order valence-electron chi connectivity index (χ3n) is 5.17. The molecule has 0 saturated carbocycles. The highest BCUT2D eigenvalue weighted by Gasteiger charge is 2.13. The van der Waals surface area contributed by atoms with E-state index in [1.165, 1.54) is 18.3 Å². The predicted molar refractivity (Wildman–Crippen MR) is 119 cm³/mol. The number of benzene rings is 2. The summed E-state index contributed by atoms with van der Waals surface area (Å²) in [6.07, 6.45) is 1.36. The molecule has 9 heteroatoms. The van der Waals surface area contributed by atoms with Gasteiger partial charge in [0.15, 0.2) is 0 Å². The molecule has 1 aromatic heterocycles. The van der Waals surface area contributed by atoms with Crippen molar-refractivity contribution in [3.63, 3.8) is 0 Å². The SMILES string of the molecule is NC(=O)c1cnc(Nc2ccc(N3CCOCC3)cc2)cc1NCc1ccc(F)cc1F. The van der Waals surface area contributed by atoms with Crippen LogP contribution in [0.5, 0.6) is 0 Å². The van der Waals surface area contributed by atoms with E-state index in [9.17, 15) is 13.6 Å². The number of morpholine rings is 1. The zero-order valence-corrected chi connectivity index (χ0v) is 17.3. The van der Waals surface area contributed by atoms with Crippen molar-refractivity contribution in [2.75, 3.05) is 41.8 Å². The largest absolute Gasteiger partial charge is 0.380 e. The van der Waals surface area contributed by atoms with Gasteiger partial charge in [-0.25, -0.2) is 13.8 Å². The van der Waals surface area contributed by atoms with Crippen LogP contribution in [0.15, 0.2) is 54.7 Å². The van der Waals surface area contributed by atoms with Crippen LogP contribution in [0, 0.1) is 11.6 Å². The first-order valence-corrected chi connectivity index (χ1v) is 10.2. The van der Waals surface area contributed by atoms with E-state index in [1.54, 1.807) is 6.07 Å². The van der Waals surface area contributed by atoms with Gasteiger partial charge in [0.05, 0.1) is 24.5 Å². The number of hydrogen-bond donors (Lipinski definition) is 3. The summed E-state index contributed by atoms with van der Waals surface area (Å²) in [4.78, 5) is 18.3. The fourth-order valence-electron chi connectivity index (χ4n) is 3.45. The Morgan fingerprint density at radius 3 is 2.53 bits per heavy atom. The Hall–Kier alpha value is -3.72. The highest BCUT2D eigenvalue weighted by Crippen LogP contribution is 2.25. The monoisotopic (exact) mass is 439 g/mol. The maximum Gasteiger partial charge on any atom is 0.252 e. The maximum atomic E-state index is 13.9. The van der Waals surface area contributed by atoms with Gasteiger partial charge in [-0.05, 0) is 30.3 Å². The molecule has 1 aliphatic heterocycles. The molecule has 7 nitrogen and oxygen atoms in total. The molecule has 0 bridgehead atoms. The Morgan fingerprint density at radius 1 is 1.09 bits per heavy atom. The minimum Gasteiger partial charge on any atom is -0.380 e. The van der Waals surface area contributed by atoms with E-state index in [0.717, 1.165) is 30.5 Å². The van der Waals surface area contributed by atoms with Gasteiger partial charge in [-0.15, -0.1) is 0 Å². The number of carbonyl (C=O) groups is 1.